The number of carbonyl (C=O) groups is 1. The predicted molar refractivity (Wildman–Crippen MR) is 106 cm³/mol. The van der Waals surface area contributed by atoms with Crippen LogP contribution in [0.1, 0.15) is 6.92 Å². The Balaban J connectivity index is 0. The maximum atomic E-state index is 8.00. The van der Waals surface area contributed by atoms with Crippen LogP contribution in [0.3, 0.4) is 0 Å². The second kappa shape index (κ2) is 13.5. The fourth-order valence-corrected chi connectivity index (χ4v) is 21.7. The largest absolute Gasteiger partial charge is 0.468 e. The lowest BCUT2D eigenvalue weighted by atomic mass is 10.9. The molecule has 2 unspecified atom stereocenters. The second-order valence-electron chi connectivity index (χ2n) is 5.11. The number of hydrogen-bond acceptors (Lipinski definition) is 5. The number of carbonyl (C=O) groups excluding carboxylic acids is 1. The van der Waals surface area contributed by atoms with Crippen molar-refractivity contribution in [3.05, 3.63) is 0 Å². The lowest BCUT2D eigenvalue weighted by Crippen LogP contribution is -2.59. The van der Waals surface area contributed by atoms with Gasteiger partial charge in [0.05, 0.1) is 8.07 Å². The molecule has 0 saturated carbocycles. The third-order valence-corrected chi connectivity index (χ3v) is 20.0. The van der Waals surface area contributed by atoms with Gasteiger partial charge in [-0.3, -0.25) is 0 Å². The van der Waals surface area contributed by atoms with Gasteiger partial charge in [0.1, 0.15) is 36.1 Å². The van der Waals surface area contributed by atoms with Crippen molar-refractivity contribution in [3.8, 4) is 0 Å². The fraction of sp³-hybridized carbons (Fsp3) is 0.900. The first kappa shape index (κ1) is 24.3. The van der Waals surface area contributed by atoms with E-state index in [1.54, 1.807) is 0 Å². The summed E-state index contributed by atoms with van der Waals surface area (Å²) < 4.78 is 24.4. The minimum atomic E-state index is -2.41. The predicted octanol–water partition coefficient (Wildman–Crippen LogP) is 0.603. The van der Waals surface area contributed by atoms with Gasteiger partial charge in [-0.05, 0) is 6.66 Å². The zero-order valence-corrected chi connectivity index (χ0v) is 21.9. The van der Waals surface area contributed by atoms with E-state index in [4.69, 9.17) is 21.7 Å². The van der Waals surface area contributed by atoms with E-state index >= 15 is 0 Å². The molecule has 0 spiro atoms. The summed E-state index contributed by atoms with van der Waals surface area (Å²) in [7, 11) is -4.92. The van der Waals surface area contributed by atoms with Crippen LogP contribution < -0.4 is 0 Å². The van der Waals surface area contributed by atoms with Crippen molar-refractivity contribution in [2.75, 3.05) is 12.9 Å². The van der Waals surface area contributed by atoms with Crippen molar-refractivity contribution >= 4 is 61.8 Å². The van der Waals surface area contributed by atoms with Gasteiger partial charge in [0.25, 0.3) is 0 Å². The van der Waals surface area contributed by atoms with E-state index in [0.29, 0.717) is 14.0 Å². The van der Waals surface area contributed by atoms with Crippen LogP contribution in [0.25, 0.3) is 0 Å². The molecule has 0 aromatic carbocycles. The van der Waals surface area contributed by atoms with Crippen molar-refractivity contribution in [2.45, 2.75) is 44.8 Å². The summed E-state index contributed by atoms with van der Waals surface area (Å²) in [6, 6.07) is 0. The van der Waals surface area contributed by atoms with Gasteiger partial charge in [0.2, 0.25) is 0 Å². The molecule has 0 aliphatic rings. The molecular formula is C10H33O5PSi5. The highest BCUT2D eigenvalue weighted by Crippen LogP contribution is 2.34. The molecule has 0 aromatic heterocycles. The third kappa shape index (κ3) is 8.44. The topological polar surface area (TPSA) is 54.0 Å². The van der Waals surface area contributed by atoms with E-state index in [1.165, 1.54) is 0 Å². The number of rotatable bonds is 11. The minimum absolute atomic E-state index is 0.434. The fourth-order valence-electron chi connectivity index (χ4n) is 1.97. The van der Waals surface area contributed by atoms with Gasteiger partial charge in [-0.15, -0.1) is 0 Å². The maximum absolute atomic E-state index is 8.00. The molecule has 0 fully saturated rings. The van der Waals surface area contributed by atoms with Crippen LogP contribution in [0, 0.1) is 0 Å². The Bertz CT molecular complexity index is 245. The Kier molecular flexibility index (Phi) is 15.6. The Morgan fingerprint density at radius 3 is 1.71 bits per heavy atom. The minimum Gasteiger partial charge on any atom is -0.423 e. The van der Waals surface area contributed by atoms with E-state index in [0.717, 1.165) is 6.23 Å². The van der Waals surface area contributed by atoms with Crippen LogP contribution in [0.15, 0.2) is 0 Å². The molecule has 128 valence electrons. The zero-order valence-electron chi connectivity index (χ0n) is 14.7. The first-order chi connectivity index (χ1) is 9.90. The van der Waals surface area contributed by atoms with Gasteiger partial charge in [-0.2, -0.15) is 0 Å². The van der Waals surface area contributed by atoms with Crippen LogP contribution in [-0.2, 0) is 21.7 Å². The van der Waals surface area contributed by atoms with Gasteiger partial charge in [0, 0.05) is 20.2 Å². The maximum Gasteiger partial charge on any atom is 0.468 e. The molecule has 0 heterocycles. The van der Waals surface area contributed by atoms with Crippen LogP contribution >= 0.6 is 8.81 Å². The molecule has 0 rings (SSSR count). The average molecular weight is 405 g/mol. The molecule has 0 aromatic rings. The summed E-state index contributed by atoms with van der Waals surface area (Å²) in [5, 5.41) is 0.434. The SMILES string of the molecule is C=O.C[SiH2]O[Si](O[SiH2]C)(O[SiH2]C)C(C)[Si](C)(C)COPC. The standard InChI is InChI=1S/C9H31O4PSi5.CH2O/c1-9(18(6,7)8-10-14-2)19(11-15-3,12-16-4)13-17-5;1-2/h9,14H,8,15-17H2,1-7H3;1H2. The summed E-state index contributed by atoms with van der Waals surface area (Å²) in [6.45, 7) is 17.7. The van der Waals surface area contributed by atoms with Gasteiger partial charge >= 0.3 is 8.80 Å². The summed E-state index contributed by atoms with van der Waals surface area (Å²) in [5.74, 6) is 0. The molecule has 5 nitrogen and oxygen atoms in total. The summed E-state index contributed by atoms with van der Waals surface area (Å²) >= 11 is 0. The van der Waals surface area contributed by atoms with Crippen molar-refractivity contribution in [3.63, 3.8) is 0 Å². The Hall–Kier alpha value is 1.02. The number of hydrogen-bond donors (Lipinski definition) is 0. The smallest absolute Gasteiger partial charge is 0.423 e. The molecule has 0 aliphatic carbocycles. The lowest BCUT2D eigenvalue weighted by Gasteiger charge is -2.41. The van der Waals surface area contributed by atoms with Crippen LogP contribution in [-0.4, -0.2) is 65.9 Å². The highest BCUT2D eigenvalue weighted by Gasteiger charge is 2.52. The molecule has 2 atom stereocenters. The normalized spacial score (nSPS) is 18.0. The zero-order chi connectivity index (χ0) is 16.9. The molecule has 11 heteroatoms. The second-order valence-corrected chi connectivity index (χ2v) is 18.8. The van der Waals surface area contributed by atoms with E-state index in [-0.39, 0.29) is 0 Å². The van der Waals surface area contributed by atoms with E-state index in [1.807, 2.05) is 6.79 Å². The van der Waals surface area contributed by atoms with E-state index in [9.17, 15) is 0 Å². The average Bonchev–Trinajstić information content (AvgIpc) is 2.47. The van der Waals surface area contributed by atoms with E-state index < -0.39 is 46.2 Å². The third-order valence-electron chi connectivity index (χ3n) is 3.33. The highest BCUT2D eigenvalue weighted by molar-refractivity contribution is 7.31. The molecule has 21 heavy (non-hydrogen) atoms. The molecular weight excluding hydrogens is 372 g/mol. The van der Waals surface area contributed by atoms with Gasteiger partial charge < -0.3 is 21.7 Å². The van der Waals surface area contributed by atoms with Crippen molar-refractivity contribution in [1.82, 2.24) is 0 Å². The Labute approximate surface area is 141 Å². The van der Waals surface area contributed by atoms with Gasteiger partial charge in [-0.1, -0.05) is 39.7 Å². The Morgan fingerprint density at radius 1 is 1.05 bits per heavy atom. The van der Waals surface area contributed by atoms with E-state index in [2.05, 4.69) is 46.3 Å². The van der Waals surface area contributed by atoms with Gasteiger partial charge in [-0.25, -0.2) is 0 Å². The molecule has 0 N–H and O–H groups in total. The molecule has 0 amide bonds. The molecule has 0 aliphatic heterocycles. The molecule has 0 radical (unpaired) electrons. The van der Waals surface area contributed by atoms with Crippen molar-refractivity contribution < 1.29 is 21.7 Å². The lowest BCUT2D eigenvalue weighted by molar-refractivity contribution is -0.0979. The quantitative estimate of drug-likeness (QED) is 0.373. The molecule has 0 saturated heterocycles. The monoisotopic (exact) mass is 404 g/mol. The van der Waals surface area contributed by atoms with Crippen LogP contribution in [0.4, 0.5) is 0 Å². The summed E-state index contributed by atoms with van der Waals surface area (Å²) in [6.07, 6.45) is 0.885. The summed E-state index contributed by atoms with van der Waals surface area (Å²) in [5.41, 5.74) is 0. The summed E-state index contributed by atoms with van der Waals surface area (Å²) in [4.78, 5) is 8.00. The first-order valence-electron chi connectivity index (χ1n) is 7.39. The molecule has 0 bridgehead atoms. The van der Waals surface area contributed by atoms with Crippen molar-refractivity contribution in [2.24, 2.45) is 0 Å². The highest BCUT2D eigenvalue weighted by atomic mass is 31.1. The van der Waals surface area contributed by atoms with Crippen molar-refractivity contribution in [1.29, 1.82) is 0 Å². The van der Waals surface area contributed by atoms with Crippen LogP contribution in [0.2, 0.25) is 37.9 Å². The van der Waals surface area contributed by atoms with Crippen LogP contribution in [0.5, 0.6) is 0 Å². The Morgan fingerprint density at radius 2 is 1.43 bits per heavy atom. The van der Waals surface area contributed by atoms with Gasteiger partial charge in [0.15, 0.2) is 0 Å². The first-order valence-corrected chi connectivity index (χ1v) is 19.9.